The summed E-state index contributed by atoms with van der Waals surface area (Å²) < 4.78 is 35.5. The SMILES string of the molecule is CC[C@H]1[C@@H](O)[C@@H]2[C@H](CC[C@]3(C)[C@@H](C(C)CCC(=O)OC)CC[C@@H]23)[C@@]2(C)CCC(=O)C(F)(F)[C@@H]12. The van der Waals surface area contributed by atoms with Gasteiger partial charge in [0.05, 0.1) is 13.2 Å². The maximum atomic E-state index is 15.3. The molecule has 4 aliphatic carbocycles. The van der Waals surface area contributed by atoms with Crippen LogP contribution in [0.15, 0.2) is 0 Å². The molecule has 4 aliphatic rings. The number of alkyl halides is 2. The molecule has 4 saturated carbocycles. The normalized spacial score (nSPS) is 47.3. The summed E-state index contributed by atoms with van der Waals surface area (Å²) in [6.45, 7) is 8.46. The van der Waals surface area contributed by atoms with E-state index in [4.69, 9.17) is 4.74 Å². The minimum atomic E-state index is -3.35. The van der Waals surface area contributed by atoms with Crippen molar-refractivity contribution < 1.29 is 28.2 Å². The van der Waals surface area contributed by atoms with Crippen LogP contribution in [-0.2, 0) is 14.3 Å². The van der Waals surface area contributed by atoms with E-state index >= 15 is 8.78 Å². The second kappa shape index (κ2) is 8.57. The molecule has 6 heteroatoms. The van der Waals surface area contributed by atoms with E-state index in [0.29, 0.717) is 37.0 Å². The number of Topliss-reactive ketones (excluding diaryl/α,β-unsaturated/α-hetero) is 1. The molecule has 0 aliphatic heterocycles. The van der Waals surface area contributed by atoms with Gasteiger partial charge in [-0.05, 0) is 84.9 Å². The van der Waals surface area contributed by atoms with E-state index in [2.05, 4.69) is 13.8 Å². The van der Waals surface area contributed by atoms with Gasteiger partial charge in [-0.15, -0.1) is 0 Å². The van der Waals surface area contributed by atoms with Crippen LogP contribution in [0.1, 0.15) is 85.5 Å². The third kappa shape index (κ3) is 3.60. The highest BCUT2D eigenvalue weighted by Gasteiger charge is 2.71. The van der Waals surface area contributed by atoms with Gasteiger partial charge in [-0.3, -0.25) is 9.59 Å². The predicted octanol–water partition coefficient (Wildman–Crippen LogP) is 5.66. The number of aliphatic hydroxyl groups is 1. The van der Waals surface area contributed by atoms with Crippen LogP contribution in [0, 0.1) is 52.3 Å². The lowest BCUT2D eigenvalue weighted by molar-refractivity contribution is -0.248. The molecular weight excluding hydrogens is 426 g/mol. The number of aliphatic hydroxyl groups excluding tert-OH is 1. The highest BCUT2D eigenvalue weighted by atomic mass is 19.3. The first-order valence-corrected chi connectivity index (χ1v) is 13.1. The molecule has 4 rings (SSSR count). The summed E-state index contributed by atoms with van der Waals surface area (Å²) in [5, 5.41) is 11.6. The quantitative estimate of drug-likeness (QED) is 0.529. The zero-order chi connectivity index (χ0) is 24.3. The van der Waals surface area contributed by atoms with Gasteiger partial charge in [0, 0.05) is 18.8 Å². The van der Waals surface area contributed by atoms with Gasteiger partial charge in [0.15, 0.2) is 0 Å². The smallest absolute Gasteiger partial charge is 0.308 e. The third-order valence-corrected chi connectivity index (χ3v) is 11.1. The topological polar surface area (TPSA) is 63.6 Å². The van der Waals surface area contributed by atoms with Crippen molar-refractivity contribution in [2.45, 2.75) is 97.5 Å². The first-order valence-electron chi connectivity index (χ1n) is 13.1. The molecule has 1 N–H and O–H groups in total. The van der Waals surface area contributed by atoms with Crippen molar-refractivity contribution in [1.82, 2.24) is 0 Å². The Labute approximate surface area is 197 Å². The number of hydrogen-bond donors (Lipinski definition) is 1. The summed E-state index contributed by atoms with van der Waals surface area (Å²) >= 11 is 0. The second-order valence-corrected chi connectivity index (χ2v) is 12.2. The monoisotopic (exact) mass is 468 g/mol. The number of fused-ring (bicyclic) bond motifs is 5. The Hall–Kier alpha value is -1.04. The number of halogens is 2. The summed E-state index contributed by atoms with van der Waals surface area (Å²) in [4.78, 5) is 24.0. The molecule has 0 aromatic rings. The summed E-state index contributed by atoms with van der Waals surface area (Å²) in [7, 11) is 1.42. The Morgan fingerprint density at radius 3 is 2.45 bits per heavy atom. The molecule has 4 fully saturated rings. The number of hydrogen-bond acceptors (Lipinski definition) is 4. The van der Waals surface area contributed by atoms with Gasteiger partial charge in [0.25, 0.3) is 0 Å². The fourth-order valence-corrected chi connectivity index (χ4v) is 9.49. The van der Waals surface area contributed by atoms with Gasteiger partial charge in [-0.25, -0.2) is 0 Å². The standard InChI is InChI=1S/C27H42F2O4/c1-6-16-23(32)22-18-9-8-17(15(2)7-10-21(31)33-5)25(18,3)13-11-19(22)26(4)14-12-20(30)27(28,29)24(16)26/h15-19,22-24,32H,6-14H2,1-5H3/t15?,16-,17+,18-,19-,22-,23+,24-,25+,26+/m0/s1. The maximum absolute atomic E-state index is 15.3. The van der Waals surface area contributed by atoms with Gasteiger partial charge < -0.3 is 9.84 Å². The molecule has 4 nitrogen and oxygen atoms in total. The lowest BCUT2D eigenvalue weighted by Crippen LogP contribution is -2.67. The first-order chi connectivity index (χ1) is 15.4. The molecule has 0 aromatic carbocycles. The molecule has 0 saturated heterocycles. The van der Waals surface area contributed by atoms with E-state index in [9.17, 15) is 14.7 Å². The molecule has 0 spiro atoms. The average molecular weight is 469 g/mol. The van der Waals surface area contributed by atoms with Gasteiger partial charge in [-0.1, -0.05) is 34.1 Å². The Morgan fingerprint density at radius 1 is 1.15 bits per heavy atom. The van der Waals surface area contributed by atoms with Crippen molar-refractivity contribution in [3.63, 3.8) is 0 Å². The first kappa shape index (κ1) is 25.1. The fourth-order valence-electron chi connectivity index (χ4n) is 9.49. The van der Waals surface area contributed by atoms with Gasteiger partial charge in [-0.2, -0.15) is 8.78 Å². The van der Waals surface area contributed by atoms with Gasteiger partial charge in [0.1, 0.15) is 0 Å². The zero-order valence-electron chi connectivity index (χ0n) is 20.9. The van der Waals surface area contributed by atoms with Crippen molar-refractivity contribution in [1.29, 1.82) is 0 Å². The highest BCUT2D eigenvalue weighted by molar-refractivity contribution is 5.87. The van der Waals surface area contributed by atoms with Crippen LogP contribution in [0.5, 0.6) is 0 Å². The van der Waals surface area contributed by atoms with Crippen LogP contribution in [0.25, 0.3) is 0 Å². The molecule has 0 amide bonds. The third-order valence-electron chi connectivity index (χ3n) is 11.1. The minimum absolute atomic E-state index is 0.0109. The molecule has 0 aromatic heterocycles. The summed E-state index contributed by atoms with van der Waals surface area (Å²) in [6.07, 6.45) is 5.23. The minimum Gasteiger partial charge on any atom is -0.469 e. The van der Waals surface area contributed by atoms with E-state index in [-0.39, 0.29) is 29.6 Å². The van der Waals surface area contributed by atoms with Gasteiger partial charge in [0.2, 0.25) is 5.78 Å². The predicted molar refractivity (Wildman–Crippen MR) is 122 cm³/mol. The van der Waals surface area contributed by atoms with Crippen LogP contribution in [0.2, 0.25) is 0 Å². The molecule has 33 heavy (non-hydrogen) atoms. The van der Waals surface area contributed by atoms with Crippen LogP contribution < -0.4 is 0 Å². The van der Waals surface area contributed by atoms with E-state index < -0.39 is 35.1 Å². The summed E-state index contributed by atoms with van der Waals surface area (Å²) in [6, 6.07) is 0. The van der Waals surface area contributed by atoms with E-state index in [1.807, 2.05) is 13.8 Å². The van der Waals surface area contributed by atoms with Crippen LogP contribution >= 0.6 is 0 Å². The maximum Gasteiger partial charge on any atom is 0.308 e. The lowest BCUT2D eigenvalue weighted by Gasteiger charge is -2.65. The Bertz CT molecular complexity index is 784. The Morgan fingerprint density at radius 2 is 1.82 bits per heavy atom. The van der Waals surface area contributed by atoms with Crippen LogP contribution in [0.3, 0.4) is 0 Å². The van der Waals surface area contributed by atoms with Crippen molar-refractivity contribution in [3.8, 4) is 0 Å². The van der Waals surface area contributed by atoms with E-state index in [0.717, 1.165) is 32.1 Å². The number of ketones is 1. The van der Waals surface area contributed by atoms with Crippen molar-refractivity contribution >= 4 is 11.8 Å². The summed E-state index contributed by atoms with van der Waals surface area (Å²) in [5.74, 6) is -4.89. The number of carbonyl (C=O) groups is 2. The number of methoxy groups -OCH3 is 1. The zero-order valence-corrected chi connectivity index (χ0v) is 20.9. The Kier molecular flexibility index (Phi) is 6.51. The van der Waals surface area contributed by atoms with E-state index in [1.54, 1.807) is 0 Å². The molecule has 0 bridgehead atoms. The van der Waals surface area contributed by atoms with Crippen LogP contribution in [0.4, 0.5) is 8.78 Å². The molecular formula is C27H42F2O4. The van der Waals surface area contributed by atoms with Crippen molar-refractivity contribution in [2.75, 3.05) is 7.11 Å². The molecule has 188 valence electrons. The van der Waals surface area contributed by atoms with E-state index in [1.165, 1.54) is 7.11 Å². The number of carbonyl (C=O) groups excluding carboxylic acids is 2. The molecule has 10 atom stereocenters. The molecule has 0 heterocycles. The molecule has 1 unspecified atom stereocenters. The summed E-state index contributed by atoms with van der Waals surface area (Å²) in [5.41, 5.74) is -0.565. The fraction of sp³-hybridized carbons (Fsp3) is 0.926. The lowest BCUT2D eigenvalue weighted by atomic mass is 9.41. The second-order valence-electron chi connectivity index (χ2n) is 12.2. The van der Waals surface area contributed by atoms with Crippen molar-refractivity contribution in [3.05, 3.63) is 0 Å². The van der Waals surface area contributed by atoms with Gasteiger partial charge >= 0.3 is 11.9 Å². The highest BCUT2D eigenvalue weighted by Crippen LogP contribution is 2.70. The van der Waals surface area contributed by atoms with Crippen LogP contribution in [-0.4, -0.2) is 36.0 Å². The Balaban J connectivity index is 1.64. The molecule has 0 radical (unpaired) electrons. The number of ether oxygens (including phenoxy) is 1. The largest absolute Gasteiger partial charge is 0.469 e. The average Bonchev–Trinajstić information content (AvgIpc) is 3.13. The number of rotatable bonds is 5. The van der Waals surface area contributed by atoms with Crippen molar-refractivity contribution in [2.24, 2.45) is 52.3 Å². The number of esters is 1.